The molecule has 1 aromatic heterocycles. The summed E-state index contributed by atoms with van der Waals surface area (Å²) in [5, 5.41) is 12.9. The number of amides is 1. The van der Waals surface area contributed by atoms with Crippen molar-refractivity contribution in [2.45, 2.75) is 26.8 Å². The monoisotopic (exact) mass is 338 g/mol. The predicted octanol–water partition coefficient (Wildman–Crippen LogP) is 3.60. The quantitative estimate of drug-likeness (QED) is 0.892. The number of carbonyl (C=O) groups excluding carboxylic acids is 1. The Kier molecular flexibility index (Phi) is 4.83. The first-order valence-electron chi connectivity index (χ1n) is 6.57. The van der Waals surface area contributed by atoms with Gasteiger partial charge >= 0.3 is 5.97 Å². The first-order valence-corrected chi connectivity index (χ1v) is 7.76. The molecule has 5 nitrogen and oxygen atoms in total. The maximum absolute atomic E-state index is 12.3. The van der Waals surface area contributed by atoms with Gasteiger partial charge in [-0.1, -0.05) is 17.7 Å². The molecule has 2 N–H and O–H groups in total. The zero-order valence-electron chi connectivity index (χ0n) is 12.3. The third kappa shape index (κ3) is 3.45. The van der Waals surface area contributed by atoms with E-state index in [1.807, 2.05) is 6.92 Å². The molecule has 0 saturated heterocycles. The van der Waals surface area contributed by atoms with Crippen molar-refractivity contribution in [2.75, 3.05) is 0 Å². The SMILES string of the molecule is Cc1ccc(Cl)cc1C(=O)NC(C)c1nc(C)c(C(=O)O)s1. The van der Waals surface area contributed by atoms with E-state index in [-0.39, 0.29) is 16.8 Å². The number of carbonyl (C=O) groups is 2. The number of benzene rings is 1. The highest BCUT2D eigenvalue weighted by Crippen LogP contribution is 2.24. The third-order valence-electron chi connectivity index (χ3n) is 3.17. The van der Waals surface area contributed by atoms with E-state index in [1.54, 1.807) is 32.0 Å². The minimum atomic E-state index is -1.01. The lowest BCUT2D eigenvalue weighted by Crippen LogP contribution is -2.27. The van der Waals surface area contributed by atoms with Crippen LogP contribution in [0.15, 0.2) is 18.2 Å². The van der Waals surface area contributed by atoms with Crippen LogP contribution in [0.25, 0.3) is 0 Å². The fraction of sp³-hybridized carbons (Fsp3) is 0.267. The molecule has 1 aromatic carbocycles. The van der Waals surface area contributed by atoms with Gasteiger partial charge in [0, 0.05) is 10.6 Å². The molecular formula is C15H15ClN2O3S. The summed E-state index contributed by atoms with van der Waals surface area (Å²) in [5.41, 5.74) is 1.76. The highest BCUT2D eigenvalue weighted by atomic mass is 35.5. The number of aryl methyl sites for hydroxylation is 2. The number of nitrogens with one attached hydrogen (secondary N) is 1. The molecule has 0 aliphatic rings. The van der Waals surface area contributed by atoms with Crippen LogP contribution in [0.5, 0.6) is 0 Å². The van der Waals surface area contributed by atoms with E-state index < -0.39 is 5.97 Å². The van der Waals surface area contributed by atoms with Crippen LogP contribution < -0.4 is 5.32 Å². The molecule has 0 fully saturated rings. The first-order chi connectivity index (χ1) is 10.3. The summed E-state index contributed by atoms with van der Waals surface area (Å²) in [7, 11) is 0. The summed E-state index contributed by atoms with van der Waals surface area (Å²) in [5.74, 6) is -1.28. The Balaban J connectivity index is 2.19. The lowest BCUT2D eigenvalue weighted by Gasteiger charge is -2.13. The summed E-state index contributed by atoms with van der Waals surface area (Å²) < 4.78 is 0. The number of thiazole rings is 1. The molecule has 2 rings (SSSR count). The Morgan fingerprint density at radius 2 is 2.05 bits per heavy atom. The predicted molar refractivity (Wildman–Crippen MR) is 85.9 cm³/mol. The van der Waals surface area contributed by atoms with Gasteiger partial charge in [0.25, 0.3) is 5.91 Å². The van der Waals surface area contributed by atoms with Crippen LogP contribution in [-0.4, -0.2) is 22.0 Å². The highest BCUT2D eigenvalue weighted by molar-refractivity contribution is 7.13. The molecule has 0 aliphatic heterocycles. The van der Waals surface area contributed by atoms with Crippen molar-refractivity contribution >= 4 is 34.8 Å². The highest BCUT2D eigenvalue weighted by Gasteiger charge is 2.20. The van der Waals surface area contributed by atoms with Crippen molar-refractivity contribution < 1.29 is 14.7 Å². The van der Waals surface area contributed by atoms with E-state index in [1.165, 1.54) is 0 Å². The molecule has 1 heterocycles. The Bertz CT molecular complexity index is 742. The van der Waals surface area contributed by atoms with Crippen molar-refractivity contribution in [2.24, 2.45) is 0 Å². The number of aromatic nitrogens is 1. The van der Waals surface area contributed by atoms with Gasteiger partial charge in [-0.3, -0.25) is 4.79 Å². The number of rotatable bonds is 4. The second-order valence-corrected chi connectivity index (χ2v) is 6.39. The van der Waals surface area contributed by atoms with E-state index in [4.69, 9.17) is 16.7 Å². The van der Waals surface area contributed by atoms with Gasteiger partial charge in [-0.05, 0) is 38.5 Å². The number of nitrogens with zero attached hydrogens (tertiary/aromatic N) is 1. The molecule has 7 heteroatoms. The number of carboxylic acids is 1. The smallest absolute Gasteiger partial charge is 0.347 e. The van der Waals surface area contributed by atoms with Crippen LogP contribution in [0.4, 0.5) is 0 Å². The van der Waals surface area contributed by atoms with Crippen molar-refractivity contribution in [1.29, 1.82) is 0 Å². The number of aromatic carboxylic acids is 1. The van der Waals surface area contributed by atoms with E-state index in [0.29, 0.717) is 21.3 Å². The Hall–Kier alpha value is -1.92. The third-order valence-corrected chi connectivity index (χ3v) is 4.73. The average molecular weight is 339 g/mol. The molecule has 22 heavy (non-hydrogen) atoms. The van der Waals surface area contributed by atoms with Gasteiger partial charge < -0.3 is 10.4 Å². The van der Waals surface area contributed by atoms with Crippen molar-refractivity contribution in [1.82, 2.24) is 10.3 Å². The zero-order valence-corrected chi connectivity index (χ0v) is 13.9. The average Bonchev–Trinajstić information content (AvgIpc) is 2.83. The van der Waals surface area contributed by atoms with Crippen LogP contribution in [0.3, 0.4) is 0 Å². The lowest BCUT2D eigenvalue weighted by molar-refractivity contribution is 0.0701. The Morgan fingerprint density at radius 1 is 1.36 bits per heavy atom. The largest absolute Gasteiger partial charge is 0.477 e. The molecule has 2 aromatic rings. The second kappa shape index (κ2) is 6.46. The molecule has 0 radical (unpaired) electrons. The summed E-state index contributed by atoms with van der Waals surface area (Å²) >= 11 is 6.99. The van der Waals surface area contributed by atoms with Gasteiger partial charge in [0.05, 0.1) is 11.7 Å². The van der Waals surface area contributed by atoms with Gasteiger partial charge in [0.2, 0.25) is 0 Å². The molecule has 116 valence electrons. The molecule has 0 bridgehead atoms. The van der Waals surface area contributed by atoms with Gasteiger partial charge in [-0.2, -0.15) is 0 Å². The molecule has 1 amide bonds. The standard InChI is InChI=1S/C15H15ClN2O3S/c1-7-4-5-10(16)6-11(7)13(19)17-9(3)14-18-8(2)12(22-14)15(20)21/h4-6,9H,1-3H3,(H,17,19)(H,20,21). The first kappa shape index (κ1) is 16.5. The normalized spacial score (nSPS) is 12.0. The van der Waals surface area contributed by atoms with E-state index in [2.05, 4.69) is 10.3 Å². The van der Waals surface area contributed by atoms with Crippen LogP contribution >= 0.6 is 22.9 Å². The summed E-state index contributed by atoms with van der Waals surface area (Å²) in [4.78, 5) is 27.8. The molecule has 0 saturated carbocycles. The summed E-state index contributed by atoms with van der Waals surface area (Å²) in [6.45, 7) is 5.23. The lowest BCUT2D eigenvalue weighted by atomic mass is 10.1. The fourth-order valence-corrected chi connectivity index (χ4v) is 3.06. The molecular weight excluding hydrogens is 324 g/mol. The molecule has 0 spiro atoms. The topological polar surface area (TPSA) is 79.3 Å². The minimum absolute atomic E-state index is 0.190. The van der Waals surface area contributed by atoms with E-state index >= 15 is 0 Å². The van der Waals surface area contributed by atoms with Crippen LogP contribution in [0.2, 0.25) is 5.02 Å². The Morgan fingerprint density at radius 3 is 2.64 bits per heavy atom. The number of hydrogen-bond acceptors (Lipinski definition) is 4. The van der Waals surface area contributed by atoms with Crippen molar-refractivity contribution in [3.8, 4) is 0 Å². The van der Waals surface area contributed by atoms with Gasteiger partial charge in [0.1, 0.15) is 9.88 Å². The Labute approximate surface area is 137 Å². The minimum Gasteiger partial charge on any atom is -0.477 e. The maximum Gasteiger partial charge on any atom is 0.347 e. The number of carboxylic acid groups (broad SMARTS) is 1. The number of halogens is 1. The molecule has 1 unspecified atom stereocenters. The fourth-order valence-electron chi connectivity index (χ4n) is 1.98. The second-order valence-electron chi connectivity index (χ2n) is 4.93. The van der Waals surface area contributed by atoms with Gasteiger partial charge in [-0.25, -0.2) is 9.78 Å². The van der Waals surface area contributed by atoms with Crippen LogP contribution in [0, 0.1) is 13.8 Å². The number of hydrogen-bond donors (Lipinski definition) is 2. The summed E-state index contributed by atoms with van der Waals surface area (Å²) in [6.07, 6.45) is 0. The maximum atomic E-state index is 12.3. The van der Waals surface area contributed by atoms with Crippen molar-refractivity contribution in [3.05, 3.63) is 49.9 Å². The van der Waals surface area contributed by atoms with E-state index in [0.717, 1.165) is 16.9 Å². The van der Waals surface area contributed by atoms with Crippen molar-refractivity contribution in [3.63, 3.8) is 0 Å². The van der Waals surface area contributed by atoms with Gasteiger partial charge in [0.15, 0.2) is 0 Å². The van der Waals surface area contributed by atoms with Gasteiger partial charge in [-0.15, -0.1) is 11.3 Å². The van der Waals surface area contributed by atoms with E-state index in [9.17, 15) is 9.59 Å². The van der Waals surface area contributed by atoms with Crippen LogP contribution in [-0.2, 0) is 0 Å². The zero-order chi connectivity index (χ0) is 16.4. The molecule has 0 aliphatic carbocycles. The van der Waals surface area contributed by atoms with Crippen LogP contribution in [0.1, 0.15) is 49.3 Å². The molecule has 1 atom stereocenters. The summed E-state index contributed by atoms with van der Waals surface area (Å²) in [6, 6.07) is 4.72.